The van der Waals surface area contributed by atoms with E-state index in [2.05, 4.69) is 40.6 Å². The number of nitrogens with one attached hydrogen (secondary N) is 2. The van der Waals surface area contributed by atoms with Crippen LogP contribution in [0, 0.1) is 19.8 Å². The smallest absolute Gasteiger partial charge is 0.255 e. The van der Waals surface area contributed by atoms with Gasteiger partial charge in [-0.1, -0.05) is 31.5 Å². The van der Waals surface area contributed by atoms with E-state index in [1.54, 1.807) is 4.68 Å². The largest absolute Gasteiger partial charge is 0.328 e. The van der Waals surface area contributed by atoms with Crippen LogP contribution in [-0.4, -0.2) is 20.7 Å². The van der Waals surface area contributed by atoms with Gasteiger partial charge in [0, 0.05) is 11.4 Å². The Hall–Kier alpha value is -2.63. The van der Waals surface area contributed by atoms with Gasteiger partial charge in [-0.25, -0.2) is 4.68 Å². The molecule has 0 aliphatic carbocycles. The van der Waals surface area contributed by atoms with Gasteiger partial charge in [0.2, 0.25) is 5.95 Å². The molecule has 1 amide bonds. The summed E-state index contributed by atoms with van der Waals surface area (Å²) in [6.45, 7) is 10.1. The van der Waals surface area contributed by atoms with Gasteiger partial charge in [0.15, 0.2) is 0 Å². The zero-order valence-corrected chi connectivity index (χ0v) is 14.7. The molecule has 1 aromatic carbocycles. The third kappa shape index (κ3) is 2.79. The van der Waals surface area contributed by atoms with Crippen molar-refractivity contribution in [2.24, 2.45) is 5.92 Å². The Labute approximate surface area is 142 Å². The predicted molar refractivity (Wildman–Crippen MR) is 94.8 cm³/mol. The molecule has 1 aromatic heterocycles. The van der Waals surface area contributed by atoms with Crippen molar-refractivity contribution < 1.29 is 4.79 Å². The number of benzene rings is 1. The fourth-order valence-electron chi connectivity index (χ4n) is 3.19. The number of aryl methyl sites for hydroxylation is 2. The normalized spacial score (nSPS) is 16.8. The fraction of sp³-hybridized carbons (Fsp3) is 0.389. The first kappa shape index (κ1) is 16.2. The second-order valence-electron chi connectivity index (χ2n) is 6.65. The fourth-order valence-corrected chi connectivity index (χ4v) is 3.19. The topological polar surface area (TPSA) is 71.8 Å². The molecule has 0 fully saturated rings. The quantitative estimate of drug-likeness (QED) is 0.907. The number of hydrogen-bond donors (Lipinski definition) is 2. The van der Waals surface area contributed by atoms with Gasteiger partial charge in [0.1, 0.15) is 6.33 Å². The minimum Gasteiger partial charge on any atom is -0.328 e. The summed E-state index contributed by atoms with van der Waals surface area (Å²) in [5.41, 5.74) is 4.57. The summed E-state index contributed by atoms with van der Waals surface area (Å²) in [6, 6.07) is 5.86. The molecule has 0 saturated carbocycles. The molecule has 126 valence electrons. The lowest BCUT2D eigenvalue weighted by atomic mass is 9.92. The van der Waals surface area contributed by atoms with E-state index < -0.39 is 0 Å². The first-order valence-corrected chi connectivity index (χ1v) is 8.14. The molecular formula is C18H23N5O. The van der Waals surface area contributed by atoms with Crippen LogP contribution in [0.4, 0.5) is 11.6 Å². The standard InChI is InChI=1S/C18H23N5O/c1-10(2)16-15(13(5)21-18-19-9-20-23(16)18)17(24)22-14-7-6-11(3)8-12(14)4/h6-10,16H,1-5H3,(H,22,24)(H,19,20,21)/t16-/m0/s1. The SMILES string of the molecule is CC1=C(C(=O)Nc2ccc(C)cc2C)[C@H](C(C)C)n2ncnc2N1. The van der Waals surface area contributed by atoms with E-state index in [-0.39, 0.29) is 17.9 Å². The van der Waals surface area contributed by atoms with Crippen LogP contribution in [0.25, 0.3) is 0 Å². The van der Waals surface area contributed by atoms with Crippen LogP contribution >= 0.6 is 0 Å². The molecule has 24 heavy (non-hydrogen) atoms. The van der Waals surface area contributed by atoms with Crippen LogP contribution in [0.5, 0.6) is 0 Å². The molecule has 0 saturated heterocycles. The van der Waals surface area contributed by atoms with Crippen molar-refractivity contribution in [3.8, 4) is 0 Å². The van der Waals surface area contributed by atoms with Crippen molar-refractivity contribution in [2.45, 2.75) is 40.7 Å². The zero-order valence-electron chi connectivity index (χ0n) is 14.7. The molecule has 0 radical (unpaired) electrons. The van der Waals surface area contributed by atoms with E-state index in [1.165, 1.54) is 11.9 Å². The van der Waals surface area contributed by atoms with Crippen LogP contribution in [0.3, 0.4) is 0 Å². The highest BCUT2D eigenvalue weighted by molar-refractivity contribution is 6.05. The van der Waals surface area contributed by atoms with Gasteiger partial charge >= 0.3 is 0 Å². The average molecular weight is 325 g/mol. The van der Waals surface area contributed by atoms with Crippen LogP contribution in [-0.2, 0) is 4.79 Å². The Bertz CT molecular complexity index is 819. The molecule has 2 N–H and O–H groups in total. The van der Waals surface area contributed by atoms with Crippen molar-refractivity contribution in [2.75, 3.05) is 10.6 Å². The number of hydrogen-bond acceptors (Lipinski definition) is 4. The molecule has 6 heteroatoms. The maximum Gasteiger partial charge on any atom is 0.255 e. The summed E-state index contributed by atoms with van der Waals surface area (Å²) >= 11 is 0. The summed E-state index contributed by atoms with van der Waals surface area (Å²) in [6.07, 6.45) is 1.51. The van der Waals surface area contributed by atoms with E-state index in [0.717, 1.165) is 16.9 Å². The predicted octanol–water partition coefficient (Wildman–Crippen LogP) is 3.43. The molecule has 3 rings (SSSR count). The van der Waals surface area contributed by atoms with Crippen LogP contribution < -0.4 is 10.6 Å². The summed E-state index contributed by atoms with van der Waals surface area (Å²) in [5.74, 6) is 0.781. The monoisotopic (exact) mass is 325 g/mol. The van der Waals surface area contributed by atoms with E-state index in [1.807, 2.05) is 32.9 Å². The van der Waals surface area contributed by atoms with Crippen molar-refractivity contribution in [1.82, 2.24) is 14.8 Å². The van der Waals surface area contributed by atoms with Crippen molar-refractivity contribution in [3.63, 3.8) is 0 Å². The van der Waals surface area contributed by atoms with E-state index in [9.17, 15) is 4.79 Å². The highest BCUT2D eigenvalue weighted by atomic mass is 16.1. The maximum absolute atomic E-state index is 13.0. The van der Waals surface area contributed by atoms with Crippen LogP contribution in [0.1, 0.15) is 37.9 Å². The number of carbonyl (C=O) groups excluding carboxylic acids is 1. The lowest BCUT2D eigenvalue weighted by molar-refractivity contribution is -0.113. The molecule has 2 aromatic rings. The third-order valence-corrected chi connectivity index (χ3v) is 4.34. The van der Waals surface area contributed by atoms with E-state index in [4.69, 9.17) is 0 Å². The molecule has 1 aliphatic rings. The number of anilines is 2. The molecule has 1 atom stereocenters. The van der Waals surface area contributed by atoms with Gasteiger partial charge in [0.05, 0.1) is 11.6 Å². The molecule has 2 heterocycles. The van der Waals surface area contributed by atoms with Crippen molar-refractivity contribution in [3.05, 3.63) is 46.9 Å². The van der Waals surface area contributed by atoms with E-state index >= 15 is 0 Å². The van der Waals surface area contributed by atoms with Gasteiger partial charge in [-0.15, -0.1) is 0 Å². The average Bonchev–Trinajstić information content (AvgIpc) is 2.95. The van der Waals surface area contributed by atoms with Gasteiger partial charge in [-0.2, -0.15) is 10.1 Å². The summed E-state index contributed by atoms with van der Waals surface area (Å²) in [7, 11) is 0. The Morgan fingerprint density at radius 3 is 2.71 bits per heavy atom. The summed E-state index contributed by atoms with van der Waals surface area (Å²) in [5, 5.41) is 10.5. The van der Waals surface area contributed by atoms with Gasteiger partial charge in [-0.3, -0.25) is 4.79 Å². The Morgan fingerprint density at radius 1 is 1.29 bits per heavy atom. The lowest BCUT2D eigenvalue weighted by Gasteiger charge is -2.31. The van der Waals surface area contributed by atoms with Crippen molar-refractivity contribution in [1.29, 1.82) is 0 Å². The van der Waals surface area contributed by atoms with Gasteiger partial charge in [0.25, 0.3) is 5.91 Å². The second kappa shape index (κ2) is 6.11. The molecular weight excluding hydrogens is 302 g/mol. The summed E-state index contributed by atoms with van der Waals surface area (Å²) < 4.78 is 1.79. The maximum atomic E-state index is 13.0. The highest BCUT2D eigenvalue weighted by Gasteiger charge is 2.34. The minimum atomic E-state index is -0.144. The number of amides is 1. The summed E-state index contributed by atoms with van der Waals surface area (Å²) in [4.78, 5) is 17.2. The lowest BCUT2D eigenvalue weighted by Crippen LogP contribution is -2.33. The number of carbonyl (C=O) groups is 1. The molecule has 0 unspecified atom stereocenters. The first-order chi connectivity index (χ1) is 11.4. The number of aromatic nitrogens is 3. The van der Waals surface area contributed by atoms with Crippen LogP contribution in [0.2, 0.25) is 0 Å². The van der Waals surface area contributed by atoms with Crippen LogP contribution in [0.15, 0.2) is 35.8 Å². The molecule has 1 aliphatic heterocycles. The van der Waals surface area contributed by atoms with Gasteiger partial charge in [-0.05, 0) is 38.3 Å². The Morgan fingerprint density at radius 2 is 2.04 bits per heavy atom. The zero-order chi connectivity index (χ0) is 17.4. The van der Waals surface area contributed by atoms with Gasteiger partial charge < -0.3 is 10.6 Å². The minimum absolute atomic E-state index is 0.105. The molecule has 6 nitrogen and oxygen atoms in total. The number of nitrogens with zero attached hydrogens (tertiary/aromatic N) is 3. The highest BCUT2D eigenvalue weighted by Crippen LogP contribution is 2.35. The third-order valence-electron chi connectivity index (χ3n) is 4.34. The Balaban J connectivity index is 1.95. The molecule has 0 spiro atoms. The number of rotatable bonds is 3. The van der Waals surface area contributed by atoms with E-state index in [0.29, 0.717) is 11.5 Å². The first-order valence-electron chi connectivity index (χ1n) is 8.14. The number of fused-ring (bicyclic) bond motifs is 1. The van der Waals surface area contributed by atoms with Crippen molar-refractivity contribution >= 4 is 17.5 Å². The number of allylic oxidation sites excluding steroid dienone is 1. The second-order valence-corrected chi connectivity index (χ2v) is 6.65. The molecule has 0 bridgehead atoms. The Kier molecular flexibility index (Phi) is 4.13.